The van der Waals surface area contributed by atoms with E-state index in [1.54, 1.807) is 6.92 Å². The summed E-state index contributed by atoms with van der Waals surface area (Å²) in [6.07, 6.45) is 2.92. The van der Waals surface area contributed by atoms with Gasteiger partial charge in [-0.1, -0.05) is 17.7 Å². The highest BCUT2D eigenvalue weighted by Gasteiger charge is 2.27. The molecule has 7 nitrogen and oxygen atoms in total. The molecule has 1 fully saturated rings. The number of piperidine rings is 1. The topological polar surface area (TPSA) is 70.6 Å². The van der Waals surface area contributed by atoms with Crippen molar-refractivity contribution in [3.63, 3.8) is 0 Å². The number of anilines is 1. The van der Waals surface area contributed by atoms with E-state index in [1.165, 1.54) is 5.56 Å². The number of carbonyl (C=O) groups excluding carboxylic acids is 1. The van der Waals surface area contributed by atoms with Crippen LogP contribution in [0.5, 0.6) is 5.75 Å². The number of amides is 1. The van der Waals surface area contributed by atoms with Gasteiger partial charge in [0, 0.05) is 31.4 Å². The Kier molecular flexibility index (Phi) is 6.94. The van der Waals surface area contributed by atoms with Crippen LogP contribution in [0.1, 0.15) is 55.3 Å². The summed E-state index contributed by atoms with van der Waals surface area (Å²) >= 11 is 0. The lowest BCUT2D eigenvalue weighted by Gasteiger charge is -2.32. The first-order chi connectivity index (χ1) is 15.4. The minimum absolute atomic E-state index is 0.0254. The van der Waals surface area contributed by atoms with Gasteiger partial charge in [-0.05, 0) is 59.0 Å². The van der Waals surface area contributed by atoms with E-state index in [0.717, 1.165) is 67.5 Å². The Bertz CT molecular complexity index is 938. The smallest absolute Gasteiger partial charge is 0.219 e. The lowest BCUT2D eigenvalue weighted by Crippen LogP contribution is -2.36. The van der Waals surface area contributed by atoms with Crippen LogP contribution in [0.15, 0.2) is 24.3 Å². The van der Waals surface area contributed by atoms with E-state index in [1.807, 2.05) is 17.0 Å². The van der Waals surface area contributed by atoms with Crippen molar-refractivity contribution in [3.05, 3.63) is 46.9 Å². The van der Waals surface area contributed by atoms with E-state index in [-0.39, 0.29) is 12.0 Å². The van der Waals surface area contributed by atoms with E-state index in [4.69, 9.17) is 14.7 Å². The maximum atomic E-state index is 12.0. The van der Waals surface area contributed by atoms with Crippen molar-refractivity contribution in [2.24, 2.45) is 0 Å². The Morgan fingerprint density at radius 1 is 1.19 bits per heavy atom. The third-order valence-electron chi connectivity index (χ3n) is 6.52. The van der Waals surface area contributed by atoms with Gasteiger partial charge in [-0.2, -0.15) is 0 Å². The molecule has 0 radical (unpaired) electrons. The second kappa shape index (κ2) is 9.86. The number of rotatable bonds is 6. The minimum atomic E-state index is -0.0254. The number of aryl methyl sites for hydroxylation is 1. The predicted molar refractivity (Wildman–Crippen MR) is 126 cm³/mol. The number of ether oxygens (including phenoxy) is 1. The number of aromatic nitrogens is 2. The van der Waals surface area contributed by atoms with Crippen LogP contribution in [0.2, 0.25) is 0 Å². The first-order valence-corrected chi connectivity index (χ1v) is 11.7. The van der Waals surface area contributed by atoms with Gasteiger partial charge in [0.05, 0.1) is 18.8 Å². The molecule has 1 atom stereocenters. The van der Waals surface area contributed by atoms with Crippen molar-refractivity contribution in [2.75, 3.05) is 38.5 Å². The van der Waals surface area contributed by atoms with Crippen LogP contribution in [-0.2, 0) is 17.8 Å². The minimum Gasteiger partial charge on any atom is -0.489 e. The van der Waals surface area contributed by atoms with E-state index in [2.05, 4.69) is 43.2 Å². The molecule has 32 heavy (non-hydrogen) atoms. The molecular formula is C25H35N5O2. The second-order valence-corrected chi connectivity index (χ2v) is 9.25. The third-order valence-corrected chi connectivity index (χ3v) is 6.52. The molecule has 172 valence electrons. The second-order valence-electron chi connectivity index (χ2n) is 9.25. The number of nitrogens with zero attached hydrogens (tertiary/aromatic N) is 4. The van der Waals surface area contributed by atoms with Gasteiger partial charge in [-0.3, -0.25) is 4.79 Å². The summed E-state index contributed by atoms with van der Waals surface area (Å²) in [6.45, 7) is 9.82. The Balaban J connectivity index is 1.52. The van der Waals surface area contributed by atoms with Crippen molar-refractivity contribution in [3.8, 4) is 5.75 Å². The maximum Gasteiger partial charge on any atom is 0.219 e. The average Bonchev–Trinajstić information content (AvgIpc) is 2.79. The Hall–Kier alpha value is -2.67. The van der Waals surface area contributed by atoms with E-state index in [0.29, 0.717) is 19.0 Å². The SMILES string of the molecule is CC(=O)N1CCc2nc(C3CCN(C)CC3)nc(NCC(C)Oc3ccc(C)cc3)c2C1. The molecule has 0 aliphatic carbocycles. The molecular weight excluding hydrogens is 402 g/mol. The first-order valence-electron chi connectivity index (χ1n) is 11.7. The largest absolute Gasteiger partial charge is 0.489 e. The van der Waals surface area contributed by atoms with Gasteiger partial charge in [0.25, 0.3) is 0 Å². The Labute approximate surface area is 191 Å². The Morgan fingerprint density at radius 2 is 1.91 bits per heavy atom. The molecule has 7 heteroatoms. The van der Waals surface area contributed by atoms with E-state index in [9.17, 15) is 4.79 Å². The van der Waals surface area contributed by atoms with Crippen LogP contribution in [0, 0.1) is 6.92 Å². The van der Waals surface area contributed by atoms with Gasteiger partial charge in [0.1, 0.15) is 23.5 Å². The van der Waals surface area contributed by atoms with Crippen molar-refractivity contribution < 1.29 is 9.53 Å². The molecule has 3 heterocycles. The summed E-state index contributed by atoms with van der Waals surface area (Å²) < 4.78 is 6.08. The summed E-state index contributed by atoms with van der Waals surface area (Å²) in [5.74, 6) is 3.16. The van der Waals surface area contributed by atoms with Gasteiger partial charge in [0.15, 0.2) is 0 Å². The van der Waals surface area contributed by atoms with Crippen molar-refractivity contribution >= 4 is 11.7 Å². The van der Waals surface area contributed by atoms with Crippen LogP contribution in [0.25, 0.3) is 0 Å². The molecule has 1 amide bonds. The van der Waals surface area contributed by atoms with Crippen LogP contribution >= 0.6 is 0 Å². The fourth-order valence-corrected chi connectivity index (χ4v) is 4.43. The van der Waals surface area contributed by atoms with Gasteiger partial charge in [-0.15, -0.1) is 0 Å². The van der Waals surface area contributed by atoms with Crippen LogP contribution in [-0.4, -0.2) is 65.0 Å². The lowest BCUT2D eigenvalue weighted by atomic mass is 9.95. The van der Waals surface area contributed by atoms with Crippen molar-refractivity contribution in [1.29, 1.82) is 0 Å². The molecule has 0 saturated carbocycles. The van der Waals surface area contributed by atoms with Gasteiger partial charge in [-0.25, -0.2) is 9.97 Å². The quantitative estimate of drug-likeness (QED) is 0.747. The Morgan fingerprint density at radius 3 is 2.59 bits per heavy atom. The first kappa shape index (κ1) is 22.5. The van der Waals surface area contributed by atoms with Gasteiger partial charge >= 0.3 is 0 Å². The summed E-state index contributed by atoms with van der Waals surface area (Å²) in [7, 11) is 2.17. The zero-order chi connectivity index (χ0) is 22.7. The molecule has 2 aliphatic heterocycles. The zero-order valence-electron chi connectivity index (χ0n) is 19.7. The lowest BCUT2D eigenvalue weighted by molar-refractivity contribution is -0.129. The van der Waals surface area contributed by atoms with Crippen LogP contribution in [0.4, 0.5) is 5.82 Å². The summed E-state index contributed by atoms with van der Waals surface area (Å²) in [6, 6.07) is 8.11. The van der Waals surface area contributed by atoms with E-state index < -0.39 is 0 Å². The molecule has 1 N–H and O–H groups in total. The fraction of sp³-hybridized carbons (Fsp3) is 0.560. The highest BCUT2D eigenvalue weighted by atomic mass is 16.5. The molecule has 1 aromatic heterocycles. The summed E-state index contributed by atoms with van der Waals surface area (Å²) in [5, 5.41) is 3.53. The number of fused-ring (bicyclic) bond motifs is 1. The number of hydrogen-bond donors (Lipinski definition) is 1. The molecule has 4 rings (SSSR count). The summed E-state index contributed by atoms with van der Waals surface area (Å²) in [5.41, 5.74) is 3.35. The standard InChI is InChI=1S/C25H35N5O2/c1-17-5-7-21(8-6-17)32-18(2)15-26-25-22-16-30(19(3)31)14-11-23(22)27-24(28-25)20-9-12-29(4)13-10-20/h5-8,18,20H,9-16H2,1-4H3,(H,26,27,28). The zero-order valence-corrected chi connectivity index (χ0v) is 19.7. The molecule has 1 aromatic carbocycles. The summed E-state index contributed by atoms with van der Waals surface area (Å²) in [4.78, 5) is 26.2. The monoisotopic (exact) mass is 437 g/mol. The van der Waals surface area contributed by atoms with Gasteiger partial charge < -0.3 is 19.9 Å². The molecule has 1 saturated heterocycles. The molecule has 2 aliphatic rings. The number of nitrogens with one attached hydrogen (secondary N) is 1. The highest BCUT2D eigenvalue weighted by Crippen LogP contribution is 2.30. The van der Waals surface area contributed by atoms with Crippen molar-refractivity contribution in [1.82, 2.24) is 19.8 Å². The predicted octanol–water partition coefficient (Wildman–Crippen LogP) is 3.38. The maximum absolute atomic E-state index is 12.0. The van der Waals surface area contributed by atoms with Gasteiger partial charge in [0.2, 0.25) is 5.91 Å². The van der Waals surface area contributed by atoms with Crippen molar-refractivity contribution in [2.45, 2.75) is 58.6 Å². The number of carbonyl (C=O) groups is 1. The third kappa shape index (κ3) is 5.38. The number of benzene rings is 1. The molecule has 1 unspecified atom stereocenters. The molecule has 2 aromatic rings. The van der Waals surface area contributed by atoms with E-state index >= 15 is 0 Å². The molecule has 0 spiro atoms. The number of hydrogen-bond acceptors (Lipinski definition) is 6. The molecule has 0 bridgehead atoms. The highest BCUT2D eigenvalue weighted by molar-refractivity contribution is 5.74. The fourth-order valence-electron chi connectivity index (χ4n) is 4.43. The van der Waals surface area contributed by atoms with Crippen LogP contribution in [0.3, 0.4) is 0 Å². The average molecular weight is 438 g/mol. The normalized spacial score (nSPS) is 18.2. The van der Waals surface area contributed by atoms with Crippen LogP contribution < -0.4 is 10.1 Å². The number of likely N-dealkylation sites (tertiary alicyclic amines) is 1.